The zero-order valence-electron chi connectivity index (χ0n) is 41.9. The largest absolute Gasteiger partial charge is 0.282 e. The van der Waals surface area contributed by atoms with Crippen LogP contribution in [0.15, 0.2) is 190 Å². The monoisotopic (exact) mass is 1050 g/mol. The number of rotatable bonds is 14. The maximum atomic E-state index is 13.9. The van der Waals surface area contributed by atoms with Crippen LogP contribution < -0.4 is 10.0 Å². The minimum atomic E-state index is -0.918. The van der Waals surface area contributed by atoms with Crippen LogP contribution in [-0.2, 0) is 22.4 Å². The fourth-order valence-corrected chi connectivity index (χ4v) is 9.63. The number of carbonyl (C=O) groups is 6. The zero-order valence-corrected chi connectivity index (χ0v) is 43.4. The number of amides is 6. The number of anilines is 2. The molecule has 2 atom stereocenters. The first-order chi connectivity index (χ1) is 36.6. The highest BCUT2D eigenvalue weighted by Gasteiger charge is 2.50. The van der Waals surface area contributed by atoms with E-state index in [9.17, 15) is 28.8 Å². The van der Waals surface area contributed by atoms with Crippen LogP contribution in [0.3, 0.4) is 0 Å². The molecule has 10 rings (SSSR count). The molecule has 0 N–H and O–H groups in total. The van der Waals surface area contributed by atoms with Crippen LogP contribution in [0.5, 0.6) is 0 Å². The number of allylic oxidation sites excluding steroid dienone is 4. The molecule has 6 aromatic rings. The quantitative estimate of drug-likeness (QED) is 0.0778. The molecule has 6 amide bonds. The Labute approximate surface area is 449 Å². The fourth-order valence-electron chi connectivity index (χ4n) is 9.38. The van der Waals surface area contributed by atoms with E-state index < -0.39 is 34.5 Å². The summed E-state index contributed by atoms with van der Waals surface area (Å²) in [4.78, 5) is 77.9. The number of fused-ring (bicyclic) bond motifs is 2. The minimum absolute atomic E-state index is 0.129. The fraction of sp³-hybridized carbons (Fsp3) is 0.167. The molecule has 0 spiro atoms. The van der Waals surface area contributed by atoms with Crippen LogP contribution in [0.25, 0.3) is 0 Å². The molecule has 0 radical (unpaired) electrons. The van der Waals surface area contributed by atoms with Crippen molar-refractivity contribution < 1.29 is 28.8 Å². The van der Waals surface area contributed by atoms with Crippen molar-refractivity contribution in [2.75, 3.05) is 10.0 Å². The Kier molecular flexibility index (Phi) is 15.1. The van der Waals surface area contributed by atoms with E-state index in [2.05, 4.69) is 20.4 Å². The third-order valence-electron chi connectivity index (χ3n) is 13.8. The molecule has 380 valence electrons. The molecule has 0 aliphatic carbocycles. The van der Waals surface area contributed by atoms with Gasteiger partial charge in [0.25, 0.3) is 35.4 Å². The molecular weight excluding hydrogens is 1000 g/mol. The first-order valence-corrected chi connectivity index (χ1v) is 25.1. The lowest BCUT2D eigenvalue weighted by Gasteiger charge is -2.27. The number of nitrogens with zero attached hydrogens (tertiary/aromatic N) is 8. The van der Waals surface area contributed by atoms with Crippen molar-refractivity contribution in [3.05, 3.63) is 224 Å². The van der Waals surface area contributed by atoms with Crippen LogP contribution >= 0.6 is 23.2 Å². The van der Waals surface area contributed by atoms with E-state index in [1.54, 1.807) is 84.9 Å². The molecule has 14 nitrogen and oxygen atoms in total. The second-order valence-corrected chi connectivity index (χ2v) is 19.6. The molecule has 4 aliphatic rings. The van der Waals surface area contributed by atoms with E-state index in [4.69, 9.17) is 23.2 Å². The highest BCUT2D eigenvalue weighted by molar-refractivity contribution is 6.31. The van der Waals surface area contributed by atoms with E-state index >= 15 is 0 Å². The number of carbonyl (C=O) groups excluding carboxylic acids is 6. The van der Waals surface area contributed by atoms with Gasteiger partial charge in [-0.15, -0.1) is 0 Å². The van der Waals surface area contributed by atoms with Crippen LogP contribution in [0.1, 0.15) is 90.4 Å². The lowest BCUT2D eigenvalue weighted by Crippen LogP contribution is -2.40. The van der Waals surface area contributed by atoms with Crippen LogP contribution in [0, 0.1) is 24.7 Å². The molecule has 0 saturated carbocycles. The van der Waals surface area contributed by atoms with Gasteiger partial charge in [-0.25, -0.2) is 0 Å². The summed E-state index contributed by atoms with van der Waals surface area (Å²) in [5.74, 6) is -2.10. The van der Waals surface area contributed by atoms with Gasteiger partial charge in [-0.2, -0.15) is 40.4 Å². The summed E-state index contributed by atoms with van der Waals surface area (Å²) in [6, 6.07) is 43.4. The molecule has 0 unspecified atom stereocenters. The number of aryl methyl sites for hydroxylation is 2. The predicted molar refractivity (Wildman–Crippen MR) is 297 cm³/mol. The zero-order chi connectivity index (χ0) is 53.7. The van der Waals surface area contributed by atoms with Gasteiger partial charge in [0.05, 0.1) is 55.9 Å². The highest BCUT2D eigenvalue weighted by Crippen LogP contribution is 2.41. The molecule has 76 heavy (non-hydrogen) atoms. The Morgan fingerprint density at radius 1 is 0.447 bits per heavy atom. The van der Waals surface area contributed by atoms with E-state index in [0.29, 0.717) is 80.8 Å². The Hall–Kier alpha value is -8.72. The van der Waals surface area contributed by atoms with Crippen molar-refractivity contribution >= 4 is 93.9 Å². The molecule has 0 fully saturated rings. The molecule has 0 aromatic heterocycles. The molecule has 4 aliphatic heterocycles. The Morgan fingerprint density at radius 3 is 1.08 bits per heavy atom. The molecule has 6 aromatic carbocycles. The SMILES string of the molecule is CC1=NN(c2ccc(C)cc2)C(=O)[C@]1(C/C=C/C=N/N1C(=O)c2ccccc2C1=O)Cc1ccc(Cl)cc1.CC1=NN(c2ccc(C)cc2)C(=O)[C@]1(C/C=C/C=N/N1C(=O)c2ccccc2C1=O)Cc1ccc(Cl)cc1. The van der Waals surface area contributed by atoms with Crippen LogP contribution in [-0.4, -0.2) is 69.3 Å². The number of hydrogen-bond acceptors (Lipinski definition) is 10. The van der Waals surface area contributed by atoms with Gasteiger partial charge in [-0.3, -0.25) is 28.8 Å². The third-order valence-corrected chi connectivity index (χ3v) is 14.3. The summed E-state index contributed by atoms with van der Waals surface area (Å²) >= 11 is 12.2. The van der Waals surface area contributed by atoms with Gasteiger partial charge >= 0.3 is 0 Å². The third kappa shape index (κ3) is 10.4. The summed E-state index contributed by atoms with van der Waals surface area (Å²) in [6.07, 6.45) is 11.2. The lowest BCUT2D eigenvalue weighted by molar-refractivity contribution is -0.124. The van der Waals surface area contributed by atoms with Crippen LogP contribution in [0.2, 0.25) is 10.0 Å². The molecular formula is C60H50Cl2N8O6. The Bertz CT molecular complexity index is 3180. The second-order valence-electron chi connectivity index (χ2n) is 18.8. The van der Waals surface area contributed by atoms with E-state index in [1.807, 2.05) is 113 Å². The predicted octanol–water partition coefficient (Wildman–Crippen LogP) is 11.7. The number of hydrazone groups is 4. The van der Waals surface area contributed by atoms with Gasteiger partial charge in [-0.05, 0) is 149 Å². The molecule has 0 bridgehead atoms. The molecule has 0 saturated heterocycles. The number of benzene rings is 6. The lowest BCUT2D eigenvalue weighted by atomic mass is 9.74. The average molecular weight is 1050 g/mol. The van der Waals surface area contributed by atoms with Crippen molar-refractivity contribution in [1.82, 2.24) is 10.0 Å². The molecule has 4 heterocycles. The standard InChI is InChI=1S/2C30H25ClN4O3/c2*1-20-9-15-24(16-10-20)34-29(38)30(21(2)33-34,19-22-11-13-23(31)14-12-22)17-5-6-18-32-35-27(36)25-7-3-4-8-26(25)28(35)37/h2*3-16,18H,17,19H2,1-2H3/b2*6-5+,32-18+/t2*30-/m11/s1. The van der Waals surface area contributed by atoms with E-state index in [0.717, 1.165) is 32.3 Å². The van der Waals surface area contributed by atoms with Gasteiger partial charge < -0.3 is 0 Å². The normalized spacial score (nSPS) is 19.2. The first kappa shape index (κ1) is 52.2. The average Bonchev–Trinajstić information content (AvgIpc) is 4.02. The topological polar surface area (TPSA) is 165 Å². The number of hydrogen-bond donors (Lipinski definition) is 0. The van der Waals surface area contributed by atoms with Crippen molar-refractivity contribution in [1.29, 1.82) is 0 Å². The van der Waals surface area contributed by atoms with E-state index in [1.165, 1.54) is 22.4 Å². The maximum absolute atomic E-state index is 13.9. The van der Waals surface area contributed by atoms with Gasteiger partial charge in [0, 0.05) is 22.5 Å². The van der Waals surface area contributed by atoms with Crippen molar-refractivity contribution in [2.24, 2.45) is 31.2 Å². The molecule has 16 heteroatoms. The number of imide groups is 2. The van der Waals surface area contributed by atoms with Crippen molar-refractivity contribution in [3.8, 4) is 0 Å². The van der Waals surface area contributed by atoms with Gasteiger partial charge in [0.2, 0.25) is 0 Å². The smallest absolute Gasteiger partial charge is 0.271 e. The van der Waals surface area contributed by atoms with Gasteiger partial charge in [-0.1, -0.05) is 119 Å². The summed E-state index contributed by atoms with van der Waals surface area (Å²) in [7, 11) is 0. The van der Waals surface area contributed by atoms with E-state index in [-0.39, 0.29) is 11.8 Å². The maximum Gasteiger partial charge on any atom is 0.282 e. The number of halogens is 2. The van der Waals surface area contributed by atoms with Gasteiger partial charge in [0.15, 0.2) is 0 Å². The Morgan fingerprint density at radius 2 is 0.763 bits per heavy atom. The summed E-state index contributed by atoms with van der Waals surface area (Å²) < 4.78 is 0. The van der Waals surface area contributed by atoms with Crippen molar-refractivity contribution in [2.45, 2.75) is 53.4 Å². The summed E-state index contributed by atoms with van der Waals surface area (Å²) in [5.41, 5.74) is 6.38. The Balaban J connectivity index is 0.000000186. The van der Waals surface area contributed by atoms with Crippen molar-refractivity contribution in [3.63, 3.8) is 0 Å². The summed E-state index contributed by atoms with van der Waals surface area (Å²) in [5, 5.41) is 23.3. The van der Waals surface area contributed by atoms with Gasteiger partial charge in [0.1, 0.15) is 0 Å². The minimum Gasteiger partial charge on any atom is -0.271 e. The summed E-state index contributed by atoms with van der Waals surface area (Å²) in [6.45, 7) is 7.71. The highest BCUT2D eigenvalue weighted by atomic mass is 35.5. The second kappa shape index (κ2) is 22.0. The first-order valence-electron chi connectivity index (χ1n) is 24.4. The van der Waals surface area contributed by atoms with Crippen LogP contribution in [0.4, 0.5) is 11.4 Å².